The minimum atomic E-state index is 0.217. The van der Waals surface area contributed by atoms with Crippen LogP contribution in [0.5, 0.6) is 6.01 Å². The van der Waals surface area contributed by atoms with Gasteiger partial charge >= 0.3 is 0 Å². The molecule has 0 bridgehead atoms. The van der Waals surface area contributed by atoms with Crippen molar-refractivity contribution < 1.29 is 4.74 Å². The number of fused-ring (bicyclic) bond motifs is 1. The Hall–Kier alpha value is -1.62. The molecule has 0 amide bonds. The minimum absolute atomic E-state index is 0.217. The average Bonchev–Trinajstić information content (AvgIpc) is 2.76. The molecule has 2 unspecified atom stereocenters. The van der Waals surface area contributed by atoms with E-state index in [1.807, 2.05) is 23.7 Å². The lowest BCUT2D eigenvalue weighted by atomic mass is 9.92. The molecule has 5 nitrogen and oxygen atoms in total. The second-order valence-electron chi connectivity index (χ2n) is 5.77. The van der Waals surface area contributed by atoms with Crippen LogP contribution in [0.3, 0.4) is 0 Å². The van der Waals surface area contributed by atoms with Gasteiger partial charge in [0.1, 0.15) is 11.6 Å². The highest BCUT2D eigenvalue weighted by molar-refractivity contribution is 5.71. The van der Waals surface area contributed by atoms with Gasteiger partial charge in [-0.25, -0.2) is 4.98 Å². The summed E-state index contributed by atoms with van der Waals surface area (Å²) in [4.78, 5) is 11.2. The van der Waals surface area contributed by atoms with Gasteiger partial charge in [0.05, 0.1) is 0 Å². The summed E-state index contributed by atoms with van der Waals surface area (Å²) in [5.74, 6) is 0. The van der Waals surface area contributed by atoms with Gasteiger partial charge in [0.2, 0.25) is 0 Å². The van der Waals surface area contributed by atoms with Crippen LogP contribution in [-0.4, -0.2) is 45.7 Å². The van der Waals surface area contributed by atoms with Crippen LogP contribution < -0.4 is 4.74 Å². The standard InChI is InChI=1S/C15H22N4O/c1-18(2)12-8-4-5-9-13(12)20-15-17-11-7-6-10-16-14(11)19(15)3/h6-7,10,12-13H,4-5,8-9H2,1-3H3. The zero-order valence-corrected chi connectivity index (χ0v) is 12.4. The SMILES string of the molecule is CN(C)C1CCCCC1Oc1nc2cccnc2n1C. The van der Waals surface area contributed by atoms with E-state index in [2.05, 4.69) is 29.0 Å². The van der Waals surface area contributed by atoms with Gasteiger partial charge in [0.25, 0.3) is 6.01 Å². The smallest absolute Gasteiger partial charge is 0.298 e. The number of pyridine rings is 1. The molecule has 0 saturated heterocycles. The Balaban J connectivity index is 1.86. The summed E-state index contributed by atoms with van der Waals surface area (Å²) >= 11 is 0. The van der Waals surface area contributed by atoms with E-state index in [9.17, 15) is 0 Å². The van der Waals surface area contributed by atoms with Crippen molar-refractivity contribution in [2.24, 2.45) is 7.05 Å². The summed E-state index contributed by atoms with van der Waals surface area (Å²) in [7, 11) is 6.22. The molecule has 1 saturated carbocycles. The lowest BCUT2D eigenvalue weighted by molar-refractivity contribution is 0.0533. The van der Waals surface area contributed by atoms with E-state index in [0.29, 0.717) is 12.1 Å². The van der Waals surface area contributed by atoms with Gasteiger partial charge < -0.3 is 9.64 Å². The van der Waals surface area contributed by atoms with Crippen molar-refractivity contribution in [2.75, 3.05) is 14.1 Å². The molecule has 0 N–H and O–H groups in total. The number of rotatable bonds is 3. The molecule has 0 radical (unpaired) electrons. The Morgan fingerprint density at radius 1 is 1.30 bits per heavy atom. The summed E-state index contributed by atoms with van der Waals surface area (Å²) in [5, 5.41) is 0. The molecule has 3 rings (SSSR count). The Morgan fingerprint density at radius 3 is 2.85 bits per heavy atom. The van der Waals surface area contributed by atoms with Crippen molar-refractivity contribution in [3.05, 3.63) is 18.3 Å². The van der Waals surface area contributed by atoms with Gasteiger partial charge in [-0.15, -0.1) is 0 Å². The van der Waals surface area contributed by atoms with Gasteiger partial charge in [-0.1, -0.05) is 6.42 Å². The van der Waals surface area contributed by atoms with E-state index in [0.717, 1.165) is 17.6 Å². The highest BCUT2D eigenvalue weighted by atomic mass is 16.5. The van der Waals surface area contributed by atoms with E-state index in [4.69, 9.17) is 4.74 Å². The van der Waals surface area contributed by atoms with E-state index in [-0.39, 0.29) is 6.10 Å². The van der Waals surface area contributed by atoms with Crippen LogP contribution in [0.25, 0.3) is 11.2 Å². The number of aromatic nitrogens is 3. The Labute approximate surface area is 119 Å². The highest BCUT2D eigenvalue weighted by Gasteiger charge is 2.29. The fourth-order valence-electron chi connectivity index (χ4n) is 3.05. The van der Waals surface area contributed by atoms with Crippen molar-refractivity contribution in [2.45, 2.75) is 37.8 Å². The molecule has 2 atom stereocenters. The number of likely N-dealkylation sites (N-methyl/N-ethyl adjacent to an activating group) is 1. The number of hydrogen-bond acceptors (Lipinski definition) is 4. The third-order valence-corrected chi connectivity index (χ3v) is 4.17. The summed E-state index contributed by atoms with van der Waals surface area (Å²) < 4.78 is 8.16. The maximum Gasteiger partial charge on any atom is 0.298 e. The van der Waals surface area contributed by atoms with E-state index < -0.39 is 0 Å². The predicted molar refractivity (Wildman–Crippen MR) is 78.9 cm³/mol. The van der Waals surface area contributed by atoms with Gasteiger partial charge in [0, 0.05) is 19.3 Å². The zero-order chi connectivity index (χ0) is 14.1. The molecule has 108 valence electrons. The molecule has 1 aliphatic rings. The molecule has 5 heteroatoms. The van der Waals surface area contributed by atoms with Gasteiger partial charge in [0.15, 0.2) is 5.65 Å². The molecule has 2 heterocycles. The van der Waals surface area contributed by atoms with Crippen molar-refractivity contribution in [1.29, 1.82) is 0 Å². The summed E-state index contributed by atoms with van der Waals surface area (Å²) in [6, 6.07) is 5.02. The maximum atomic E-state index is 6.22. The van der Waals surface area contributed by atoms with Crippen molar-refractivity contribution in [1.82, 2.24) is 19.4 Å². The zero-order valence-electron chi connectivity index (χ0n) is 12.4. The second-order valence-corrected chi connectivity index (χ2v) is 5.77. The number of hydrogen-bond donors (Lipinski definition) is 0. The van der Waals surface area contributed by atoms with Crippen LogP contribution in [0.4, 0.5) is 0 Å². The molecule has 20 heavy (non-hydrogen) atoms. The van der Waals surface area contributed by atoms with Gasteiger partial charge in [-0.2, -0.15) is 4.98 Å². The molecule has 2 aromatic rings. The molecule has 0 aromatic carbocycles. The van der Waals surface area contributed by atoms with Crippen molar-refractivity contribution in [3.63, 3.8) is 0 Å². The van der Waals surface area contributed by atoms with Crippen LogP contribution in [0.1, 0.15) is 25.7 Å². The number of imidazole rings is 1. The third-order valence-electron chi connectivity index (χ3n) is 4.17. The molecule has 0 aliphatic heterocycles. The first-order valence-corrected chi connectivity index (χ1v) is 7.27. The van der Waals surface area contributed by atoms with Crippen LogP contribution in [0.15, 0.2) is 18.3 Å². The molecule has 1 fully saturated rings. The maximum absolute atomic E-state index is 6.22. The van der Waals surface area contributed by atoms with Crippen LogP contribution in [-0.2, 0) is 7.05 Å². The molecule has 0 spiro atoms. The summed E-state index contributed by atoms with van der Waals surface area (Å²) in [6.07, 6.45) is 6.81. The van der Waals surface area contributed by atoms with Gasteiger partial charge in [-0.3, -0.25) is 4.57 Å². The van der Waals surface area contributed by atoms with Crippen LogP contribution >= 0.6 is 0 Å². The third kappa shape index (κ3) is 2.38. The first-order valence-electron chi connectivity index (χ1n) is 7.27. The normalized spacial score (nSPS) is 23.4. The monoisotopic (exact) mass is 274 g/mol. The molecular weight excluding hydrogens is 252 g/mol. The Kier molecular flexibility index (Phi) is 3.61. The lowest BCUT2D eigenvalue weighted by Crippen LogP contribution is -2.44. The molecule has 2 aromatic heterocycles. The van der Waals surface area contributed by atoms with Crippen molar-refractivity contribution >= 4 is 11.2 Å². The van der Waals surface area contributed by atoms with E-state index >= 15 is 0 Å². The quantitative estimate of drug-likeness (QED) is 0.861. The fourth-order valence-corrected chi connectivity index (χ4v) is 3.05. The minimum Gasteiger partial charge on any atom is -0.460 e. The Morgan fingerprint density at radius 2 is 2.10 bits per heavy atom. The topological polar surface area (TPSA) is 43.2 Å². The Bertz CT molecular complexity index is 593. The molecule has 1 aliphatic carbocycles. The summed E-state index contributed by atoms with van der Waals surface area (Å²) in [6.45, 7) is 0. The number of ether oxygens (including phenoxy) is 1. The first-order chi connectivity index (χ1) is 9.66. The average molecular weight is 274 g/mol. The molecular formula is C15H22N4O. The first kappa shape index (κ1) is 13.4. The summed E-state index contributed by atoms with van der Waals surface area (Å²) in [5.41, 5.74) is 1.77. The lowest BCUT2D eigenvalue weighted by Gasteiger charge is -2.35. The van der Waals surface area contributed by atoms with Gasteiger partial charge in [-0.05, 0) is 45.5 Å². The van der Waals surface area contributed by atoms with E-state index in [1.54, 1.807) is 6.20 Å². The predicted octanol–water partition coefficient (Wildman–Crippen LogP) is 2.22. The van der Waals surface area contributed by atoms with Crippen LogP contribution in [0.2, 0.25) is 0 Å². The number of aryl methyl sites for hydroxylation is 1. The largest absolute Gasteiger partial charge is 0.460 e. The number of nitrogens with zero attached hydrogens (tertiary/aromatic N) is 4. The highest BCUT2D eigenvalue weighted by Crippen LogP contribution is 2.27. The van der Waals surface area contributed by atoms with Crippen molar-refractivity contribution in [3.8, 4) is 6.01 Å². The van der Waals surface area contributed by atoms with E-state index in [1.165, 1.54) is 19.3 Å². The van der Waals surface area contributed by atoms with Crippen LogP contribution in [0, 0.1) is 0 Å². The second kappa shape index (κ2) is 5.40. The fraction of sp³-hybridized carbons (Fsp3) is 0.600.